The first-order valence-electron chi connectivity index (χ1n) is 11.0. The van der Waals surface area contributed by atoms with E-state index in [0.29, 0.717) is 28.2 Å². The Balaban J connectivity index is 1.21. The highest BCUT2D eigenvalue weighted by Crippen LogP contribution is 2.33. The third kappa shape index (κ3) is 3.84. The predicted octanol–water partition coefficient (Wildman–Crippen LogP) is 3.58. The smallest absolute Gasteiger partial charge is 0.328 e. The summed E-state index contributed by atoms with van der Waals surface area (Å²) in [6.45, 7) is 3.47. The van der Waals surface area contributed by atoms with Gasteiger partial charge < -0.3 is 14.6 Å². The van der Waals surface area contributed by atoms with Gasteiger partial charge in [-0.25, -0.2) is 4.79 Å². The number of nitrogens with zero attached hydrogens (tertiary/aromatic N) is 3. The van der Waals surface area contributed by atoms with Gasteiger partial charge >= 0.3 is 5.69 Å². The molecule has 5 rings (SSSR count). The largest absolute Gasteiger partial charge is 0.496 e. The molecule has 4 heterocycles. The van der Waals surface area contributed by atoms with Gasteiger partial charge in [-0.1, -0.05) is 18.2 Å². The summed E-state index contributed by atoms with van der Waals surface area (Å²) in [5.74, 6) is 1.45. The van der Waals surface area contributed by atoms with E-state index in [4.69, 9.17) is 4.74 Å². The molecule has 0 saturated carbocycles. The van der Waals surface area contributed by atoms with Crippen molar-refractivity contribution in [3.8, 4) is 5.75 Å². The van der Waals surface area contributed by atoms with Crippen molar-refractivity contribution in [3.63, 3.8) is 0 Å². The molecule has 0 aliphatic carbocycles. The van der Waals surface area contributed by atoms with Crippen molar-refractivity contribution < 1.29 is 4.74 Å². The van der Waals surface area contributed by atoms with E-state index >= 15 is 0 Å². The topological polar surface area (TPSA) is 80.2 Å². The molecule has 32 heavy (non-hydrogen) atoms. The Hall–Kier alpha value is -2.97. The summed E-state index contributed by atoms with van der Waals surface area (Å²) < 4.78 is 8.33. The summed E-state index contributed by atoms with van der Waals surface area (Å²) in [7, 11) is 1.72. The maximum Gasteiger partial charge on any atom is 0.328 e. The van der Waals surface area contributed by atoms with Gasteiger partial charge in [-0.15, -0.1) is 11.3 Å². The van der Waals surface area contributed by atoms with E-state index in [1.165, 1.54) is 21.5 Å². The lowest BCUT2D eigenvalue weighted by molar-refractivity contribution is 0.320. The van der Waals surface area contributed by atoms with Gasteiger partial charge in [0.15, 0.2) is 0 Å². The number of thiophene rings is 1. The molecule has 0 unspecified atom stereocenters. The second-order valence-corrected chi connectivity index (χ2v) is 9.33. The highest BCUT2D eigenvalue weighted by Gasteiger charge is 2.25. The molecule has 1 saturated heterocycles. The summed E-state index contributed by atoms with van der Waals surface area (Å²) in [6, 6.07) is 12.0. The van der Waals surface area contributed by atoms with Crippen LogP contribution >= 0.6 is 11.3 Å². The number of fused-ring (bicyclic) bond motifs is 3. The standard InChI is InChI=1S/C24H26N4O3S/c1-31-18-8-3-2-7-17(18)16-10-14-27(15-16)12-4-5-13-28-23(29)22-21(26-24(28)30)20-19(32-22)9-6-11-25-20/h2-3,6-9,11,16H,4-5,10,12-15H2,1H3,(H,26,30)/t16-/m1/s1. The van der Waals surface area contributed by atoms with Crippen molar-refractivity contribution in [1.82, 2.24) is 19.4 Å². The zero-order chi connectivity index (χ0) is 22.1. The van der Waals surface area contributed by atoms with Gasteiger partial charge in [-0.2, -0.15) is 0 Å². The lowest BCUT2D eigenvalue weighted by Gasteiger charge is -2.17. The molecular weight excluding hydrogens is 424 g/mol. The second-order valence-electron chi connectivity index (χ2n) is 8.28. The summed E-state index contributed by atoms with van der Waals surface area (Å²) in [5, 5.41) is 0. The lowest BCUT2D eigenvalue weighted by Crippen LogP contribution is -2.34. The van der Waals surface area contributed by atoms with Gasteiger partial charge in [0.2, 0.25) is 0 Å². The van der Waals surface area contributed by atoms with Crippen molar-refractivity contribution in [3.05, 3.63) is 69.0 Å². The highest BCUT2D eigenvalue weighted by atomic mass is 32.1. The minimum Gasteiger partial charge on any atom is -0.496 e. The number of methoxy groups -OCH3 is 1. The number of aromatic nitrogens is 3. The van der Waals surface area contributed by atoms with Crippen LogP contribution in [0.1, 0.15) is 30.7 Å². The second kappa shape index (κ2) is 8.88. The normalized spacial score (nSPS) is 16.8. The number of benzene rings is 1. The van der Waals surface area contributed by atoms with Crippen molar-refractivity contribution in [2.45, 2.75) is 31.7 Å². The molecule has 0 amide bonds. The maximum atomic E-state index is 12.9. The SMILES string of the molecule is COc1ccccc1[C@@H]1CCN(CCCCn2c(=O)[nH]c3c(sc4cccnc43)c2=O)C1. The first kappa shape index (κ1) is 20.9. The van der Waals surface area contributed by atoms with Gasteiger partial charge in [0.1, 0.15) is 16.0 Å². The molecule has 1 aromatic carbocycles. The van der Waals surface area contributed by atoms with E-state index < -0.39 is 0 Å². The number of para-hydroxylation sites is 1. The molecule has 0 bridgehead atoms. The molecule has 1 aliphatic heterocycles. The van der Waals surface area contributed by atoms with E-state index in [1.54, 1.807) is 13.3 Å². The average Bonchev–Trinajstić information content (AvgIpc) is 3.43. The molecule has 0 radical (unpaired) electrons. The van der Waals surface area contributed by atoms with Crippen molar-refractivity contribution in [1.29, 1.82) is 0 Å². The van der Waals surface area contributed by atoms with Crippen LogP contribution in [0.15, 0.2) is 52.2 Å². The van der Waals surface area contributed by atoms with Gasteiger partial charge in [-0.05, 0) is 56.1 Å². The van der Waals surface area contributed by atoms with Crippen LogP contribution < -0.4 is 16.0 Å². The zero-order valence-electron chi connectivity index (χ0n) is 18.0. The Labute approximate surface area is 189 Å². The third-order valence-corrected chi connectivity index (χ3v) is 7.45. The molecule has 8 heteroatoms. The molecule has 3 aromatic heterocycles. The number of unbranched alkanes of at least 4 members (excludes halogenated alkanes) is 1. The summed E-state index contributed by atoms with van der Waals surface area (Å²) in [4.78, 5) is 35.2. The summed E-state index contributed by atoms with van der Waals surface area (Å²) >= 11 is 1.39. The summed E-state index contributed by atoms with van der Waals surface area (Å²) in [5.41, 5.74) is 1.94. The van der Waals surface area contributed by atoms with Gasteiger partial charge in [-0.3, -0.25) is 14.3 Å². The number of nitrogens with one attached hydrogen (secondary N) is 1. The number of hydrogen-bond acceptors (Lipinski definition) is 6. The first-order chi connectivity index (χ1) is 15.7. The quantitative estimate of drug-likeness (QED) is 0.436. The van der Waals surface area contributed by atoms with E-state index in [0.717, 1.165) is 49.3 Å². The third-order valence-electron chi connectivity index (χ3n) is 6.32. The highest BCUT2D eigenvalue weighted by molar-refractivity contribution is 7.25. The number of ether oxygens (including phenoxy) is 1. The van der Waals surface area contributed by atoms with E-state index in [-0.39, 0.29) is 11.2 Å². The fraction of sp³-hybridized carbons (Fsp3) is 0.375. The number of pyridine rings is 1. The maximum absolute atomic E-state index is 12.9. The zero-order valence-corrected chi connectivity index (χ0v) is 18.9. The fourth-order valence-electron chi connectivity index (χ4n) is 4.69. The number of H-pyrrole nitrogens is 1. The van der Waals surface area contributed by atoms with Crippen LogP contribution in [0.25, 0.3) is 20.4 Å². The van der Waals surface area contributed by atoms with Crippen LogP contribution in [-0.2, 0) is 6.54 Å². The van der Waals surface area contributed by atoms with Gasteiger partial charge in [0, 0.05) is 25.2 Å². The molecule has 4 aromatic rings. The molecule has 1 N–H and O–H groups in total. The lowest BCUT2D eigenvalue weighted by atomic mass is 9.97. The van der Waals surface area contributed by atoms with Gasteiger partial charge in [0.25, 0.3) is 5.56 Å². The Morgan fingerprint density at radius 2 is 2.00 bits per heavy atom. The molecular formula is C24H26N4O3S. The Morgan fingerprint density at radius 3 is 2.88 bits per heavy atom. The van der Waals surface area contributed by atoms with Crippen LogP contribution in [0.5, 0.6) is 5.75 Å². The molecule has 7 nitrogen and oxygen atoms in total. The minimum atomic E-state index is -0.356. The molecule has 1 fully saturated rings. The monoisotopic (exact) mass is 450 g/mol. The number of rotatable bonds is 7. The van der Waals surface area contributed by atoms with E-state index in [1.807, 2.05) is 24.3 Å². The molecule has 1 aliphatic rings. The molecule has 0 spiro atoms. The van der Waals surface area contributed by atoms with Crippen LogP contribution in [-0.4, -0.2) is 46.2 Å². The predicted molar refractivity (Wildman–Crippen MR) is 128 cm³/mol. The number of aromatic amines is 1. The minimum absolute atomic E-state index is 0.218. The Morgan fingerprint density at radius 1 is 1.16 bits per heavy atom. The van der Waals surface area contributed by atoms with Crippen molar-refractivity contribution in [2.24, 2.45) is 0 Å². The van der Waals surface area contributed by atoms with Crippen molar-refractivity contribution >= 4 is 31.8 Å². The number of hydrogen-bond donors (Lipinski definition) is 1. The molecule has 1 atom stereocenters. The van der Waals surface area contributed by atoms with Crippen LogP contribution in [0.4, 0.5) is 0 Å². The van der Waals surface area contributed by atoms with Gasteiger partial charge in [0.05, 0.1) is 17.3 Å². The number of likely N-dealkylation sites (tertiary alicyclic amines) is 1. The van der Waals surface area contributed by atoms with E-state index in [9.17, 15) is 9.59 Å². The van der Waals surface area contributed by atoms with Crippen LogP contribution in [0.2, 0.25) is 0 Å². The fourth-order valence-corrected chi connectivity index (χ4v) is 5.75. The Bertz CT molecular complexity index is 1370. The van der Waals surface area contributed by atoms with Crippen LogP contribution in [0.3, 0.4) is 0 Å². The van der Waals surface area contributed by atoms with Crippen LogP contribution in [0, 0.1) is 0 Å². The Kier molecular flexibility index (Phi) is 5.80. The summed E-state index contributed by atoms with van der Waals surface area (Å²) in [6.07, 6.45) is 4.52. The average molecular weight is 451 g/mol. The first-order valence-corrected chi connectivity index (χ1v) is 11.8. The molecule has 166 valence electrons. The van der Waals surface area contributed by atoms with E-state index in [2.05, 4.69) is 27.0 Å². The van der Waals surface area contributed by atoms with Crippen molar-refractivity contribution in [2.75, 3.05) is 26.7 Å².